The lowest BCUT2D eigenvalue weighted by Gasteiger charge is -2.29. The third kappa shape index (κ3) is 30.0. The third-order valence-corrected chi connectivity index (χ3v) is 6.74. The van der Waals surface area contributed by atoms with Gasteiger partial charge in [0, 0.05) is 45.4 Å². The van der Waals surface area contributed by atoms with Crippen LogP contribution in [0.2, 0.25) is 0 Å². The normalized spacial score (nSPS) is 12.3. The maximum atomic E-state index is 12.8. The molecule has 43 heavy (non-hydrogen) atoms. The molecule has 0 radical (unpaired) electrons. The lowest BCUT2D eigenvalue weighted by Crippen LogP contribution is -2.37. The van der Waals surface area contributed by atoms with Crippen molar-refractivity contribution in [3.8, 4) is 0 Å². The van der Waals surface area contributed by atoms with E-state index in [4.69, 9.17) is 23.5 Å². The topological polar surface area (TPSA) is 170 Å². The standard InChI is InChI=1S/C29H57N3O10S/c1-28(2,3)10-14-32(15-11-29(4,5)6)27(35)8-7-25(33)30-12-17-40-19-21-42-23-22-41-20-18-39-16-9-26(34)31-13-24-43(36,37)38/h7-24H2,1-6H3,(H,30,33)(H,31,34)(H,36,37,38). The Balaban J connectivity index is 3.73. The molecule has 0 rings (SSSR count). The van der Waals surface area contributed by atoms with Gasteiger partial charge in [0.2, 0.25) is 17.7 Å². The Kier molecular flexibility index (Phi) is 21.7. The van der Waals surface area contributed by atoms with Gasteiger partial charge in [-0.3, -0.25) is 18.9 Å². The number of nitrogens with zero attached hydrogens (tertiary/aromatic N) is 1. The van der Waals surface area contributed by atoms with Crippen molar-refractivity contribution in [3.05, 3.63) is 0 Å². The molecule has 3 amide bonds. The summed E-state index contributed by atoms with van der Waals surface area (Å²) in [5, 5.41) is 5.16. The molecule has 0 aromatic carbocycles. The van der Waals surface area contributed by atoms with E-state index in [0.717, 1.165) is 12.8 Å². The van der Waals surface area contributed by atoms with Crippen LogP contribution in [0.4, 0.5) is 0 Å². The van der Waals surface area contributed by atoms with E-state index in [1.165, 1.54) is 0 Å². The molecule has 0 saturated carbocycles. The second kappa shape index (κ2) is 22.6. The Labute approximate surface area is 258 Å². The second-order valence-corrected chi connectivity index (χ2v) is 14.3. The van der Waals surface area contributed by atoms with Crippen molar-refractivity contribution < 1.29 is 46.3 Å². The van der Waals surface area contributed by atoms with Crippen molar-refractivity contribution in [2.45, 2.75) is 73.6 Å². The quantitative estimate of drug-likeness (QED) is 0.0993. The highest BCUT2D eigenvalue weighted by molar-refractivity contribution is 7.85. The van der Waals surface area contributed by atoms with Gasteiger partial charge in [-0.1, -0.05) is 41.5 Å². The number of hydrogen-bond donors (Lipinski definition) is 3. The number of ether oxygens (including phenoxy) is 4. The summed E-state index contributed by atoms with van der Waals surface area (Å²) in [6.45, 7) is 17.2. The molecule has 0 unspecified atom stereocenters. The molecular formula is C29H57N3O10S. The fourth-order valence-corrected chi connectivity index (χ4v) is 3.73. The summed E-state index contributed by atoms with van der Waals surface area (Å²) in [6, 6.07) is 0. The van der Waals surface area contributed by atoms with E-state index in [-0.39, 0.29) is 61.0 Å². The van der Waals surface area contributed by atoms with Crippen molar-refractivity contribution in [2.75, 3.05) is 84.8 Å². The molecule has 3 N–H and O–H groups in total. The molecule has 0 aromatic rings. The summed E-state index contributed by atoms with van der Waals surface area (Å²) in [6.07, 6.45) is 2.25. The van der Waals surface area contributed by atoms with Gasteiger partial charge in [0.05, 0.1) is 58.6 Å². The van der Waals surface area contributed by atoms with Gasteiger partial charge in [-0.25, -0.2) is 0 Å². The molecule has 0 spiro atoms. The summed E-state index contributed by atoms with van der Waals surface area (Å²) in [5.74, 6) is -1.04. The average molecular weight is 640 g/mol. The first-order valence-corrected chi connectivity index (χ1v) is 16.7. The lowest BCUT2D eigenvalue weighted by molar-refractivity contribution is -0.134. The molecule has 13 nitrogen and oxygen atoms in total. The van der Waals surface area contributed by atoms with E-state index >= 15 is 0 Å². The van der Waals surface area contributed by atoms with Crippen molar-refractivity contribution >= 4 is 27.8 Å². The van der Waals surface area contributed by atoms with Crippen LogP contribution >= 0.6 is 0 Å². The van der Waals surface area contributed by atoms with Crippen LogP contribution in [-0.4, -0.2) is 120 Å². The van der Waals surface area contributed by atoms with Crippen LogP contribution in [0.5, 0.6) is 0 Å². The number of amides is 3. The van der Waals surface area contributed by atoms with Gasteiger partial charge >= 0.3 is 0 Å². The number of nitrogens with one attached hydrogen (secondary N) is 2. The zero-order valence-corrected chi connectivity index (χ0v) is 28.0. The van der Waals surface area contributed by atoms with Gasteiger partial charge in [0.1, 0.15) is 0 Å². The Hall–Kier alpha value is -1.84. The highest BCUT2D eigenvalue weighted by Crippen LogP contribution is 2.22. The van der Waals surface area contributed by atoms with Crippen LogP contribution in [0, 0.1) is 10.8 Å². The van der Waals surface area contributed by atoms with Crippen LogP contribution in [-0.2, 0) is 43.4 Å². The molecule has 0 fully saturated rings. The molecule has 14 heteroatoms. The Morgan fingerprint density at radius 3 is 1.51 bits per heavy atom. The number of carbonyl (C=O) groups is 3. The maximum Gasteiger partial charge on any atom is 0.266 e. The number of rotatable bonds is 25. The van der Waals surface area contributed by atoms with Crippen LogP contribution in [0.15, 0.2) is 0 Å². The first-order chi connectivity index (χ1) is 20.0. The van der Waals surface area contributed by atoms with Crippen molar-refractivity contribution in [1.29, 1.82) is 0 Å². The first-order valence-electron chi connectivity index (χ1n) is 15.1. The Bertz CT molecular complexity index is 868. The van der Waals surface area contributed by atoms with Gasteiger partial charge in [-0.15, -0.1) is 0 Å². The largest absolute Gasteiger partial charge is 0.379 e. The van der Waals surface area contributed by atoms with E-state index < -0.39 is 15.9 Å². The highest BCUT2D eigenvalue weighted by Gasteiger charge is 2.21. The number of hydrogen-bond acceptors (Lipinski definition) is 9. The SMILES string of the molecule is CC(C)(C)CCN(CCC(C)(C)C)C(=O)CCC(=O)NCCOCCOCCOCCOCCC(=O)NCCS(=O)(=O)O. The molecule has 0 bridgehead atoms. The summed E-state index contributed by atoms with van der Waals surface area (Å²) >= 11 is 0. The van der Waals surface area contributed by atoms with Crippen LogP contribution in [0.25, 0.3) is 0 Å². The van der Waals surface area contributed by atoms with Crippen molar-refractivity contribution in [2.24, 2.45) is 10.8 Å². The molecule has 0 aromatic heterocycles. The Morgan fingerprint density at radius 2 is 1.05 bits per heavy atom. The molecule has 0 saturated heterocycles. The lowest BCUT2D eigenvalue weighted by atomic mass is 9.90. The van der Waals surface area contributed by atoms with Crippen LogP contribution in [0.1, 0.15) is 73.6 Å². The maximum absolute atomic E-state index is 12.8. The molecule has 254 valence electrons. The summed E-state index contributed by atoms with van der Waals surface area (Å²) < 4.78 is 51.2. The second-order valence-electron chi connectivity index (χ2n) is 12.7. The number of carbonyl (C=O) groups excluding carboxylic acids is 3. The summed E-state index contributed by atoms with van der Waals surface area (Å²) in [5.41, 5.74) is 0.272. The zero-order chi connectivity index (χ0) is 32.8. The highest BCUT2D eigenvalue weighted by atomic mass is 32.2. The molecular weight excluding hydrogens is 582 g/mol. The van der Waals surface area contributed by atoms with Gasteiger partial charge in [-0.2, -0.15) is 8.42 Å². The predicted octanol–water partition coefficient (Wildman–Crippen LogP) is 2.04. The molecule has 0 aliphatic carbocycles. The van der Waals surface area contributed by atoms with E-state index in [2.05, 4.69) is 52.2 Å². The third-order valence-electron chi connectivity index (χ3n) is 6.02. The van der Waals surface area contributed by atoms with Gasteiger partial charge in [0.25, 0.3) is 10.1 Å². The molecule has 0 heterocycles. The minimum absolute atomic E-state index is 0.0199. The monoisotopic (exact) mass is 639 g/mol. The van der Waals surface area contributed by atoms with Crippen LogP contribution < -0.4 is 10.6 Å². The predicted molar refractivity (Wildman–Crippen MR) is 164 cm³/mol. The van der Waals surface area contributed by atoms with Crippen molar-refractivity contribution in [1.82, 2.24) is 15.5 Å². The van der Waals surface area contributed by atoms with E-state index in [0.29, 0.717) is 65.9 Å². The van der Waals surface area contributed by atoms with Crippen LogP contribution in [0.3, 0.4) is 0 Å². The van der Waals surface area contributed by atoms with Gasteiger partial charge in [0.15, 0.2) is 0 Å². The smallest absolute Gasteiger partial charge is 0.266 e. The van der Waals surface area contributed by atoms with E-state index in [9.17, 15) is 22.8 Å². The van der Waals surface area contributed by atoms with E-state index in [1.807, 2.05) is 4.90 Å². The minimum atomic E-state index is -4.09. The zero-order valence-electron chi connectivity index (χ0n) is 27.2. The summed E-state index contributed by atoms with van der Waals surface area (Å²) in [4.78, 5) is 38.4. The molecule has 0 aliphatic rings. The summed E-state index contributed by atoms with van der Waals surface area (Å²) in [7, 11) is -4.09. The fourth-order valence-electron chi connectivity index (χ4n) is 3.37. The minimum Gasteiger partial charge on any atom is -0.379 e. The van der Waals surface area contributed by atoms with Gasteiger partial charge in [-0.05, 0) is 23.7 Å². The first kappa shape index (κ1) is 41.2. The van der Waals surface area contributed by atoms with E-state index in [1.54, 1.807) is 0 Å². The Morgan fingerprint density at radius 1 is 0.628 bits per heavy atom. The molecule has 0 aliphatic heterocycles. The fraction of sp³-hybridized carbons (Fsp3) is 0.897. The average Bonchev–Trinajstić information content (AvgIpc) is 2.87. The molecule has 0 atom stereocenters. The van der Waals surface area contributed by atoms with Gasteiger partial charge < -0.3 is 34.5 Å². The van der Waals surface area contributed by atoms with Crippen molar-refractivity contribution in [3.63, 3.8) is 0 Å².